The van der Waals surface area contributed by atoms with E-state index in [1.54, 1.807) is 6.08 Å². The first-order valence-corrected chi connectivity index (χ1v) is 34.8. The smallest absolute Gasteiger partial charge is 0.387 e. The molecule has 0 fully saturated rings. The van der Waals surface area contributed by atoms with E-state index >= 15 is 0 Å². The number of likely N-dealkylation sites (N-methyl/N-ethyl adjacent to an activating group) is 1. The number of amides is 1. The maximum atomic E-state index is 13.0. The number of carbonyl (C=O) groups is 1. The number of nitrogens with one attached hydrogen (secondary N) is 1. The molecule has 0 spiro atoms. The highest BCUT2D eigenvalue weighted by molar-refractivity contribution is 7.47. The van der Waals surface area contributed by atoms with E-state index in [1.165, 1.54) is 231 Å². The summed E-state index contributed by atoms with van der Waals surface area (Å²) in [6.07, 6.45) is 83.4. The average Bonchev–Trinajstić information content (AvgIpc) is 3.40. The van der Waals surface area contributed by atoms with E-state index in [0.29, 0.717) is 17.4 Å². The van der Waals surface area contributed by atoms with Crippen LogP contribution >= 0.6 is 7.82 Å². The molecule has 9 heteroatoms. The zero-order valence-corrected chi connectivity index (χ0v) is 53.0. The molecule has 0 aromatic carbocycles. The average molecular weight is 1110 g/mol. The SMILES string of the molecule is CCCCCCC/C=C\C/C=C\C/C=C\CCCCCCCCCCCCCCCCCCCCCCCCCCC(=O)NC(COP(=O)(O)OCC[N+](C)(C)C)C(O)/C=C/CC/C=C/CC/C=C/CCCCCCCCC. The van der Waals surface area contributed by atoms with Gasteiger partial charge in [-0.15, -0.1) is 0 Å². The van der Waals surface area contributed by atoms with Gasteiger partial charge in [-0.05, 0) is 83.5 Å². The molecule has 0 radical (unpaired) electrons. The molecule has 3 unspecified atom stereocenters. The lowest BCUT2D eigenvalue weighted by atomic mass is 10.0. The molecule has 0 aliphatic rings. The summed E-state index contributed by atoms with van der Waals surface area (Å²) in [4.78, 5) is 23.3. The van der Waals surface area contributed by atoms with Gasteiger partial charge in [-0.2, -0.15) is 0 Å². The molecule has 0 aliphatic heterocycles. The predicted molar refractivity (Wildman–Crippen MR) is 341 cm³/mol. The third-order valence-corrected chi connectivity index (χ3v) is 15.9. The summed E-state index contributed by atoms with van der Waals surface area (Å²) in [5, 5.41) is 13.9. The standard InChI is InChI=1S/C69H129N2O6P/c1-6-8-10-12-14-16-18-20-22-24-25-26-27-28-29-30-31-32-33-34-35-36-37-38-39-40-41-42-43-44-45-47-49-51-53-55-57-59-61-63-69(73)70-67(66-77-78(74,75)76-65-64-71(3,4)5)68(72)62-60-58-56-54-52-50-48-46-23-21-19-17-15-13-11-9-7-2/h18,20,23-25,27-28,46,52,54,60,62,67-68,72H,6-17,19,21-22,26,29-45,47-51,53,55-59,61,63-66H2,1-5H3,(H-,70,73,74,75)/p+1/b20-18-,25-24-,28-27-,46-23+,54-52+,62-60+. The van der Waals surface area contributed by atoms with Gasteiger partial charge in [-0.1, -0.05) is 292 Å². The summed E-state index contributed by atoms with van der Waals surface area (Å²) in [5.74, 6) is -0.188. The lowest BCUT2D eigenvalue weighted by Crippen LogP contribution is -2.45. The second-order valence-corrected chi connectivity index (χ2v) is 25.3. The molecule has 78 heavy (non-hydrogen) atoms. The van der Waals surface area contributed by atoms with Crippen LogP contribution in [0.4, 0.5) is 0 Å². The van der Waals surface area contributed by atoms with Gasteiger partial charge in [0.1, 0.15) is 13.2 Å². The van der Waals surface area contributed by atoms with Crippen LogP contribution in [0.3, 0.4) is 0 Å². The van der Waals surface area contributed by atoms with Gasteiger partial charge in [0.15, 0.2) is 0 Å². The van der Waals surface area contributed by atoms with E-state index < -0.39 is 20.0 Å². The van der Waals surface area contributed by atoms with Crippen molar-refractivity contribution in [1.82, 2.24) is 5.32 Å². The Labute approximate surface area is 484 Å². The molecule has 0 bridgehead atoms. The molecule has 3 N–H and O–H groups in total. The van der Waals surface area contributed by atoms with Gasteiger partial charge < -0.3 is 19.8 Å². The van der Waals surface area contributed by atoms with Gasteiger partial charge in [-0.3, -0.25) is 13.8 Å². The predicted octanol–water partition coefficient (Wildman–Crippen LogP) is 21.0. The lowest BCUT2D eigenvalue weighted by Gasteiger charge is -2.25. The van der Waals surface area contributed by atoms with Crippen LogP contribution in [0.5, 0.6) is 0 Å². The lowest BCUT2D eigenvalue weighted by molar-refractivity contribution is -0.870. The first kappa shape index (κ1) is 75.9. The molecule has 0 rings (SSSR count). The largest absolute Gasteiger partial charge is 0.472 e. The summed E-state index contributed by atoms with van der Waals surface area (Å²) >= 11 is 0. The van der Waals surface area contributed by atoms with E-state index in [1.807, 2.05) is 27.2 Å². The number of carbonyl (C=O) groups excluding carboxylic acids is 1. The van der Waals surface area contributed by atoms with Crippen LogP contribution < -0.4 is 5.32 Å². The molecule has 0 aromatic rings. The number of quaternary nitrogens is 1. The fourth-order valence-corrected chi connectivity index (χ4v) is 10.4. The summed E-state index contributed by atoms with van der Waals surface area (Å²) in [6, 6.07) is -0.871. The fourth-order valence-electron chi connectivity index (χ4n) is 9.67. The Balaban J connectivity index is 3.97. The van der Waals surface area contributed by atoms with Crippen LogP contribution in [0.1, 0.15) is 309 Å². The zero-order valence-electron chi connectivity index (χ0n) is 52.2. The fraction of sp³-hybridized carbons (Fsp3) is 0.812. The van der Waals surface area contributed by atoms with Crippen LogP contribution in [0.2, 0.25) is 0 Å². The Morgan fingerprint density at radius 3 is 1.12 bits per heavy atom. The highest BCUT2D eigenvalue weighted by atomic mass is 31.2. The molecule has 0 saturated carbocycles. The van der Waals surface area contributed by atoms with Gasteiger partial charge in [0, 0.05) is 6.42 Å². The van der Waals surface area contributed by atoms with E-state index in [0.717, 1.165) is 57.8 Å². The summed E-state index contributed by atoms with van der Waals surface area (Å²) in [6.45, 7) is 4.79. The molecular formula is C69H130N2O6P+. The van der Waals surface area contributed by atoms with Crippen molar-refractivity contribution < 1.29 is 32.9 Å². The molecule has 3 atom stereocenters. The minimum absolute atomic E-state index is 0.0531. The van der Waals surface area contributed by atoms with Crippen molar-refractivity contribution in [2.45, 2.75) is 321 Å². The molecule has 456 valence electrons. The summed E-state index contributed by atoms with van der Waals surface area (Å²) in [7, 11) is 1.55. The minimum atomic E-state index is -4.36. The minimum Gasteiger partial charge on any atom is -0.387 e. The number of phosphoric acid groups is 1. The number of aliphatic hydroxyl groups is 1. The van der Waals surface area contributed by atoms with Gasteiger partial charge in [0.25, 0.3) is 0 Å². The second-order valence-electron chi connectivity index (χ2n) is 23.8. The van der Waals surface area contributed by atoms with Crippen molar-refractivity contribution >= 4 is 13.7 Å². The molecule has 0 aliphatic carbocycles. The number of rotatable bonds is 61. The van der Waals surface area contributed by atoms with Crippen molar-refractivity contribution in [1.29, 1.82) is 0 Å². The first-order chi connectivity index (χ1) is 38.0. The number of hydrogen-bond acceptors (Lipinski definition) is 5. The quantitative estimate of drug-likeness (QED) is 0.0243. The van der Waals surface area contributed by atoms with E-state index in [-0.39, 0.29) is 19.1 Å². The monoisotopic (exact) mass is 1110 g/mol. The highest BCUT2D eigenvalue weighted by Gasteiger charge is 2.28. The maximum absolute atomic E-state index is 13.0. The Bertz CT molecular complexity index is 1500. The second kappa shape index (κ2) is 59.6. The zero-order chi connectivity index (χ0) is 57.0. The Morgan fingerprint density at radius 1 is 0.436 bits per heavy atom. The number of nitrogens with zero attached hydrogens (tertiary/aromatic N) is 1. The van der Waals surface area contributed by atoms with Crippen molar-refractivity contribution in [3.8, 4) is 0 Å². The number of aliphatic hydroxyl groups excluding tert-OH is 1. The highest BCUT2D eigenvalue weighted by Crippen LogP contribution is 2.43. The normalized spacial score (nSPS) is 14.2. The molecule has 8 nitrogen and oxygen atoms in total. The summed E-state index contributed by atoms with van der Waals surface area (Å²) < 4.78 is 23.7. The van der Waals surface area contributed by atoms with Gasteiger partial charge in [0.2, 0.25) is 5.91 Å². The van der Waals surface area contributed by atoms with Crippen LogP contribution in [-0.4, -0.2) is 73.4 Å². The number of phosphoric ester groups is 1. The maximum Gasteiger partial charge on any atom is 0.472 e. The molecule has 0 saturated heterocycles. The van der Waals surface area contributed by atoms with Gasteiger partial charge in [-0.25, -0.2) is 4.57 Å². The van der Waals surface area contributed by atoms with Crippen LogP contribution in [0.25, 0.3) is 0 Å². The van der Waals surface area contributed by atoms with Crippen molar-refractivity contribution in [2.75, 3.05) is 40.9 Å². The Hall–Kier alpha value is -2.06. The van der Waals surface area contributed by atoms with Crippen LogP contribution in [-0.2, 0) is 18.4 Å². The van der Waals surface area contributed by atoms with Crippen LogP contribution in [0.15, 0.2) is 72.9 Å². The van der Waals surface area contributed by atoms with E-state index in [9.17, 15) is 19.4 Å². The third-order valence-electron chi connectivity index (χ3n) is 14.9. The Kier molecular flexibility index (Phi) is 58.0. The van der Waals surface area contributed by atoms with Crippen molar-refractivity contribution in [2.24, 2.45) is 0 Å². The topological polar surface area (TPSA) is 105 Å². The molecule has 1 amide bonds. The van der Waals surface area contributed by atoms with Gasteiger partial charge in [0.05, 0.1) is 39.9 Å². The van der Waals surface area contributed by atoms with Crippen LogP contribution in [0, 0.1) is 0 Å². The molecular weight excluding hydrogens is 984 g/mol. The number of unbranched alkanes of at least 4 members (excludes halogenated alkanes) is 38. The number of hydrogen-bond donors (Lipinski definition) is 3. The van der Waals surface area contributed by atoms with E-state index in [2.05, 4.69) is 79.9 Å². The van der Waals surface area contributed by atoms with Crippen molar-refractivity contribution in [3.05, 3.63) is 72.9 Å². The first-order valence-electron chi connectivity index (χ1n) is 33.3. The third kappa shape index (κ3) is 61.6. The Morgan fingerprint density at radius 2 is 0.744 bits per heavy atom. The summed E-state index contributed by atoms with van der Waals surface area (Å²) in [5.41, 5.74) is 0. The van der Waals surface area contributed by atoms with Crippen molar-refractivity contribution in [3.63, 3.8) is 0 Å². The van der Waals surface area contributed by atoms with E-state index in [4.69, 9.17) is 9.05 Å². The molecule has 0 heterocycles. The van der Waals surface area contributed by atoms with Gasteiger partial charge >= 0.3 is 7.82 Å². The number of allylic oxidation sites excluding steroid dienone is 11. The molecule has 0 aromatic heterocycles.